The number of ether oxygens (including phenoxy) is 3. The van der Waals surface area contributed by atoms with Crippen LogP contribution in [0.25, 0.3) is 0 Å². The van der Waals surface area contributed by atoms with Crippen LogP contribution in [-0.4, -0.2) is 54.7 Å². The van der Waals surface area contributed by atoms with E-state index in [4.69, 9.17) is 9.47 Å². The van der Waals surface area contributed by atoms with Crippen molar-refractivity contribution in [1.82, 2.24) is 15.8 Å². The summed E-state index contributed by atoms with van der Waals surface area (Å²) >= 11 is 0. The molecule has 0 aromatic heterocycles. The number of methoxy groups -OCH3 is 1. The predicted molar refractivity (Wildman–Crippen MR) is 104 cm³/mol. The highest BCUT2D eigenvalue weighted by Gasteiger charge is 2.52. The van der Waals surface area contributed by atoms with Crippen molar-refractivity contribution in [2.75, 3.05) is 13.7 Å². The van der Waals surface area contributed by atoms with Crippen molar-refractivity contribution in [3.8, 4) is 11.5 Å². The van der Waals surface area contributed by atoms with E-state index in [9.17, 15) is 28.0 Å². The Kier molecular flexibility index (Phi) is 6.80. The smallest absolute Gasteiger partial charge is 0.387 e. The number of carbonyl (C=O) groups is 4. The van der Waals surface area contributed by atoms with E-state index >= 15 is 0 Å². The molecule has 1 aromatic rings. The monoisotopic (exact) mass is 455 g/mol. The van der Waals surface area contributed by atoms with Crippen LogP contribution in [0, 0.1) is 5.92 Å². The van der Waals surface area contributed by atoms with Gasteiger partial charge in [-0.3, -0.25) is 15.0 Å². The zero-order chi connectivity index (χ0) is 23.5. The van der Waals surface area contributed by atoms with E-state index in [1.54, 1.807) is 0 Å². The van der Waals surface area contributed by atoms with Gasteiger partial charge in [-0.25, -0.2) is 9.59 Å². The van der Waals surface area contributed by atoms with E-state index in [-0.39, 0.29) is 17.1 Å². The molecule has 2 aliphatic rings. The van der Waals surface area contributed by atoms with Crippen LogP contribution in [-0.2, 0) is 14.3 Å². The van der Waals surface area contributed by atoms with Gasteiger partial charge in [0.25, 0.3) is 11.8 Å². The van der Waals surface area contributed by atoms with Crippen molar-refractivity contribution in [3.63, 3.8) is 0 Å². The SMILES string of the molecule is COc1cc(C(=O)OCC(=O)NN2C(=O)NC3(CCC(C)CC3)C2=O)ccc1OC(F)F. The molecule has 1 aliphatic carbocycles. The predicted octanol–water partition coefficient (Wildman–Crippen LogP) is 1.99. The molecule has 1 aromatic carbocycles. The van der Waals surface area contributed by atoms with Gasteiger partial charge in [0.05, 0.1) is 12.7 Å². The summed E-state index contributed by atoms with van der Waals surface area (Å²) < 4.78 is 38.8. The highest BCUT2D eigenvalue weighted by molar-refractivity contribution is 6.08. The molecule has 32 heavy (non-hydrogen) atoms. The van der Waals surface area contributed by atoms with E-state index in [1.807, 2.05) is 0 Å². The van der Waals surface area contributed by atoms with Crippen molar-refractivity contribution >= 4 is 23.8 Å². The number of nitrogens with one attached hydrogen (secondary N) is 2. The van der Waals surface area contributed by atoms with E-state index in [0.29, 0.717) is 23.8 Å². The number of urea groups is 1. The van der Waals surface area contributed by atoms with Crippen LogP contribution in [0.2, 0.25) is 0 Å². The standard InChI is InChI=1S/C20H23F2N3O7/c1-11-5-7-20(8-6-11)17(28)25(19(29)23-20)24-15(26)10-31-16(27)12-3-4-13(32-18(21)22)14(9-12)30-2/h3-4,9,11,18H,5-8,10H2,1-2H3,(H,23,29)(H,24,26). The molecular formula is C20H23F2N3O7. The number of benzene rings is 1. The molecule has 3 rings (SSSR count). The van der Waals surface area contributed by atoms with Gasteiger partial charge < -0.3 is 19.5 Å². The molecular weight excluding hydrogens is 432 g/mol. The summed E-state index contributed by atoms with van der Waals surface area (Å²) in [4.78, 5) is 49.3. The molecule has 0 unspecified atom stereocenters. The lowest BCUT2D eigenvalue weighted by Crippen LogP contribution is -2.52. The zero-order valence-electron chi connectivity index (χ0n) is 17.5. The topological polar surface area (TPSA) is 123 Å². The number of amides is 4. The van der Waals surface area contributed by atoms with Crippen molar-refractivity contribution < 1.29 is 42.2 Å². The summed E-state index contributed by atoms with van der Waals surface area (Å²) in [5.74, 6) is -2.35. The van der Waals surface area contributed by atoms with E-state index < -0.39 is 42.6 Å². The van der Waals surface area contributed by atoms with E-state index in [2.05, 4.69) is 22.4 Å². The number of carbonyl (C=O) groups excluding carboxylic acids is 4. The van der Waals surface area contributed by atoms with Crippen molar-refractivity contribution in [1.29, 1.82) is 0 Å². The number of rotatable bonds is 7. The van der Waals surface area contributed by atoms with Gasteiger partial charge in [0.15, 0.2) is 18.1 Å². The largest absolute Gasteiger partial charge is 0.493 e. The van der Waals surface area contributed by atoms with Crippen LogP contribution in [0.5, 0.6) is 11.5 Å². The van der Waals surface area contributed by atoms with Gasteiger partial charge in [-0.2, -0.15) is 13.8 Å². The number of hydrogen-bond acceptors (Lipinski definition) is 7. The van der Waals surface area contributed by atoms with Gasteiger partial charge in [-0.1, -0.05) is 6.92 Å². The number of halogens is 2. The number of hydrogen-bond donors (Lipinski definition) is 2. The normalized spacial score (nSPS) is 22.7. The quantitative estimate of drug-likeness (QED) is 0.476. The molecule has 1 aliphatic heterocycles. The Morgan fingerprint density at radius 2 is 1.94 bits per heavy atom. The third-order valence-electron chi connectivity index (χ3n) is 5.48. The minimum Gasteiger partial charge on any atom is -0.493 e. The highest BCUT2D eigenvalue weighted by Crippen LogP contribution is 2.35. The molecule has 0 atom stereocenters. The first-order chi connectivity index (χ1) is 15.1. The van der Waals surface area contributed by atoms with Crippen molar-refractivity contribution in [2.24, 2.45) is 5.92 Å². The van der Waals surface area contributed by atoms with Crippen LogP contribution in [0.4, 0.5) is 13.6 Å². The fraction of sp³-hybridized carbons (Fsp3) is 0.500. The zero-order valence-corrected chi connectivity index (χ0v) is 17.5. The van der Waals surface area contributed by atoms with Crippen LogP contribution in [0.3, 0.4) is 0 Å². The molecule has 2 fully saturated rings. The molecule has 12 heteroatoms. The average Bonchev–Trinajstić information content (AvgIpc) is 2.98. The summed E-state index contributed by atoms with van der Waals surface area (Å²) in [5.41, 5.74) is 1.05. The number of esters is 1. The van der Waals surface area contributed by atoms with E-state index in [1.165, 1.54) is 7.11 Å². The van der Waals surface area contributed by atoms with Crippen LogP contribution in [0.1, 0.15) is 43.0 Å². The number of alkyl halides is 2. The minimum atomic E-state index is -3.08. The van der Waals surface area contributed by atoms with Gasteiger partial charge in [-0.05, 0) is 49.8 Å². The second-order valence-electron chi connectivity index (χ2n) is 7.69. The Bertz CT molecular complexity index is 916. The maximum absolute atomic E-state index is 12.7. The lowest BCUT2D eigenvalue weighted by atomic mass is 9.77. The second kappa shape index (κ2) is 9.37. The van der Waals surface area contributed by atoms with Gasteiger partial charge in [0.1, 0.15) is 5.54 Å². The first-order valence-electron chi connectivity index (χ1n) is 9.91. The molecule has 1 spiro atoms. The number of imide groups is 1. The number of hydrazine groups is 1. The highest BCUT2D eigenvalue weighted by atomic mass is 19.3. The van der Waals surface area contributed by atoms with Gasteiger partial charge in [0.2, 0.25) is 0 Å². The van der Waals surface area contributed by atoms with Crippen LogP contribution in [0.15, 0.2) is 18.2 Å². The lowest BCUT2D eigenvalue weighted by molar-refractivity contribution is -0.141. The minimum absolute atomic E-state index is 0.0819. The van der Waals surface area contributed by atoms with Crippen molar-refractivity contribution in [3.05, 3.63) is 23.8 Å². The van der Waals surface area contributed by atoms with Crippen LogP contribution < -0.4 is 20.2 Å². The maximum atomic E-state index is 12.7. The average molecular weight is 455 g/mol. The summed E-state index contributed by atoms with van der Waals surface area (Å²) in [7, 11) is 1.20. The van der Waals surface area contributed by atoms with Crippen molar-refractivity contribution in [2.45, 2.75) is 44.8 Å². The Morgan fingerprint density at radius 1 is 1.25 bits per heavy atom. The Balaban J connectivity index is 1.56. The molecule has 1 heterocycles. The second-order valence-corrected chi connectivity index (χ2v) is 7.69. The molecule has 174 valence electrons. The first kappa shape index (κ1) is 23.2. The fourth-order valence-corrected chi connectivity index (χ4v) is 3.67. The third kappa shape index (κ3) is 4.89. The summed E-state index contributed by atoms with van der Waals surface area (Å²) in [6.07, 6.45) is 2.51. The summed E-state index contributed by atoms with van der Waals surface area (Å²) in [5, 5.41) is 3.26. The first-order valence-corrected chi connectivity index (χ1v) is 9.91. The molecule has 1 saturated carbocycles. The van der Waals surface area contributed by atoms with Gasteiger partial charge in [-0.15, -0.1) is 0 Å². The Hall–Kier alpha value is -3.44. The molecule has 10 nitrogen and oxygen atoms in total. The van der Waals surface area contributed by atoms with Crippen LogP contribution >= 0.6 is 0 Å². The fourth-order valence-electron chi connectivity index (χ4n) is 3.67. The molecule has 0 bridgehead atoms. The number of nitrogens with zero attached hydrogens (tertiary/aromatic N) is 1. The third-order valence-corrected chi connectivity index (χ3v) is 5.48. The van der Waals surface area contributed by atoms with Gasteiger partial charge >= 0.3 is 18.6 Å². The molecule has 2 N–H and O–H groups in total. The molecule has 4 amide bonds. The molecule has 1 saturated heterocycles. The van der Waals surface area contributed by atoms with Gasteiger partial charge in [0, 0.05) is 0 Å². The van der Waals surface area contributed by atoms with E-state index in [0.717, 1.165) is 31.0 Å². The Morgan fingerprint density at radius 3 is 2.56 bits per heavy atom. The summed E-state index contributed by atoms with van der Waals surface area (Å²) in [6.45, 7) is -1.79. The maximum Gasteiger partial charge on any atom is 0.387 e. The Labute approximate surface area is 182 Å². The summed E-state index contributed by atoms with van der Waals surface area (Å²) in [6, 6.07) is 2.62. The molecule has 0 radical (unpaired) electrons. The lowest BCUT2D eigenvalue weighted by Gasteiger charge is -2.33.